The molecule has 2 atom stereocenters. The zero-order valence-electron chi connectivity index (χ0n) is 12.6. The number of carbonyl (C=O) groups excluding carboxylic acids is 1. The van der Waals surface area contributed by atoms with Gasteiger partial charge in [0.05, 0.1) is 6.04 Å². The first-order chi connectivity index (χ1) is 9.70. The summed E-state index contributed by atoms with van der Waals surface area (Å²) in [6, 6.07) is 5.41. The summed E-state index contributed by atoms with van der Waals surface area (Å²) in [4.78, 5) is 11.9. The smallest absolute Gasteiger partial charge is 0.335 e. The Bertz CT molecular complexity index is 563. The minimum Gasteiger partial charge on any atom is -0.346 e. The van der Waals surface area contributed by atoms with E-state index >= 15 is 0 Å². The highest BCUT2D eigenvalue weighted by Crippen LogP contribution is 2.27. The molecule has 21 heavy (non-hydrogen) atoms. The molecule has 1 fully saturated rings. The normalized spacial score (nSPS) is 20.0. The number of aryl methyl sites for hydroxylation is 1. The van der Waals surface area contributed by atoms with Crippen molar-refractivity contribution in [1.82, 2.24) is 5.32 Å². The molecule has 0 aromatic heterocycles. The highest BCUT2D eigenvalue weighted by Gasteiger charge is 2.38. The van der Waals surface area contributed by atoms with Gasteiger partial charge in [-0.15, -0.1) is 0 Å². The number of amides is 1. The van der Waals surface area contributed by atoms with Crippen molar-refractivity contribution in [3.63, 3.8) is 0 Å². The maximum absolute atomic E-state index is 12.7. The molecule has 0 bridgehead atoms. The average molecular weight is 313 g/mol. The molecule has 0 aliphatic heterocycles. The van der Waals surface area contributed by atoms with Gasteiger partial charge in [0.2, 0.25) is 0 Å². The van der Waals surface area contributed by atoms with Crippen molar-refractivity contribution in [2.75, 3.05) is 0 Å². The van der Waals surface area contributed by atoms with Crippen LogP contribution in [0.25, 0.3) is 0 Å². The molecule has 1 aliphatic rings. The van der Waals surface area contributed by atoms with Gasteiger partial charge in [-0.25, -0.2) is 4.39 Å². The molecule has 1 N–H and O–H groups in total. The van der Waals surface area contributed by atoms with E-state index in [1.165, 1.54) is 5.56 Å². The largest absolute Gasteiger partial charge is 0.346 e. The zero-order chi connectivity index (χ0) is 16.2. The van der Waals surface area contributed by atoms with Crippen LogP contribution in [0.4, 0.5) is 4.39 Å². The molecular weight excluding hydrogens is 293 g/mol. The lowest BCUT2D eigenvalue weighted by atomic mass is 9.83. The third kappa shape index (κ3) is 5.04. The standard InChI is InChI=1S/C15H20FNO.O2S/c1-9-7-10(5-6-11(9)15(2,3)4)14(18)17-13-8-12(13)16;1-3-2/h5-7,12-13H,8H2,1-4H3,(H,17,18);/t12-,13+;/m0./s1. The Kier molecular flexibility index (Phi) is 5.78. The molecule has 0 spiro atoms. The number of hydrogen-bond acceptors (Lipinski definition) is 3. The second kappa shape index (κ2) is 6.93. The number of nitrogens with one attached hydrogen (secondary N) is 1. The van der Waals surface area contributed by atoms with Gasteiger partial charge >= 0.3 is 11.6 Å². The first-order valence-corrected chi connectivity index (χ1v) is 7.35. The van der Waals surface area contributed by atoms with Crippen LogP contribution in [0.5, 0.6) is 0 Å². The Morgan fingerprint density at radius 1 is 1.33 bits per heavy atom. The monoisotopic (exact) mass is 313 g/mol. The molecule has 0 radical (unpaired) electrons. The number of rotatable bonds is 2. The first-order valence-electron chi connectivity index (χ1n) is 6.68. The van der Waals surface area contributed by atoms with Crippen LogP contribution in [-0.4, -0.2) is 26.5 Å². The maximum atomic E-state index is 12.7. The Morgan fingerprint density at radius 2 is 1.86 bits per heavy atom. The number of carbonyl (C=O) groups is 1. The van der Waals surface area contributed by atoms with Gasteiger partial charge in [0.15, 0.2) is 0 Å². The number of benzene rings is 1. The molecule has 1 aromatic rings. The molecule has 2 rings (SSSR count). The van der Waals surface area contributed by atoms with E-state index in [2.05, 4.69) is 26.1 Å². The lowest BCUT2D eigenvalue weighted by Gasteiger charge is -2.22. The number of halogens is 1. The summed E-state index contributed by atoms with van der Waals surface area (Å²) >= 11 is -0.750. The van der Waals surface area contributed by atoms with Crippen molar-refractivity contribution in [3.8, 4) is 0 Å². The molecule has 0 saturated heterocycles. The van der Waals surface area contributed by atoms with Crippen molar-refractivity contribution in [2.24, 2.45) is 0 Å². The van der Waals surface area contributed by atoms with Gasteiger partial charge in [-0.2, -0.15) is 8.42 Å². The fraction of sp³-hybridized carbons (Fsp3) is 0.533. The lowest BCUT2D eigenvalue weighted by Crippen LogP contribution is -2.27. The summed E-state index contributed by atoms with van der Waals surface area (Å²) in [5.74, 6) is -0.177. The lowest BCUT2D eigenvalue weighted by molar-refractivity contribution is 0.0947. The Labute approximate surface area is 127 Å². The fourth-order valence-corrected chi connectivity index (χ4v) is 2.21. The van der Waals surface area contributed by atoms with Crippen molar-refractivity contribution in [2.45, 2.75) is 51.7 Å². The third-order valence-corrected chi connectivity index (χ3v) is 3.33. The minimum atomic E-state index is -0.858. The van der Waals surface area contributed by atoms with Gasteiger partial charge in [-0.1, -0.05) is 26.8 Å². The molecule has 0 unspecified atom stereocenters. The topological polar surface area (TPSA) is 63.2 Å². The molecule has 0 heterocycles. The van der Waals surface area contributed by atoms with Crippen molar-refractivity contribution >= 4 is 17.5 Å². The third-order valence-electron chi connectivity index (χ3n) is 3.33. The highest BCUT2D eigenvalue weighted by molar-refractivity contribution is 7.51. The van der Waals surface area contributed by atoms with E-state index in [1.54, 1.807) is 0 Å². The predicted octanol–water partition coefficient (Wildman–Crippen LogP) is 2.46. The van der Waals surface area contributed by atoms with Crippen LogP contribution in [-0.2, 0) is 17.0 Å². The summed E-state index contributed by atoms with van der Waals surface area (Å²) in [7, 11) is 0. The molecule has 1 aliphatic carbocycles. The van der Waals surface area contributed by atoms with Crippen molar-refractivity contribution < 1.29 is 17.6 Å². The van der Waals surface area contributed by atoms with Crippen LogP contribution in [0.1, 0.15) is 48.7 Å². The van der Waals surface area contributed by atoms with Crippen molar-refractivity contribution in [1.29, 1.82) is 0 Å². The summed E-state index contributed by atoms with van der Waals surface area (Å²) in [5, 5.41) is 2.69. The van der Waals surface area contributed by atoms with E-state index in [4.69, 9.17) is 8.42 Å². The average Bonchev–Trinajstić information content (AvgIpc) is 3.04. The van der Waals surface area contributed by atoms with E-state index in [0.717, 1.165) is 5.56 Å². The SMILES string of the molecule is Cc1cc(C(=O)N[C@@H]2C[C@@H]2F)ccc1C(C)(C)C.O=S=O. The van der Waals surface area contributed by atoms with Crippen LogP contribution in [0.3, 0.4) is 0 Å². The van der Waals surface area contributed by atoms with E-state index in [1.807, 2.05) is 25.1 Å². The molecule has 4 nitrogen and oxygen atoms in total. The molecule has 116 valence electrons. The van der Waals surface area contributed by atoms with Gasteiger partial charge in [0.1, 0.15) is 6.17 Å². The Hall–Kier alpha value is -1.56. The van der Waals surface area contributed by atoms with E-state index in [-0.39, 0.29) is 17.4 Å². The zero-order valence-corrected chi connectivity index (χ0v) is 13.4. The number of hydrogen-bond donors (Lipinski definition) is 1. The second-order valence-corrected chi connectivity index (χ2v) is 6.32. The predicted molar refractivity (Wildman–Crippen MR) is 79.6 cm³/mol. The van der Waals surface area contributed by atoms with E-state index < -0.39 is 17.7 Å². The van der Waals surface area contributed by atoms with Gasteiger partial charge in [0, 0.05) is 12.0 Å². The quantitative estimate of drug-likeness (QED) is 0.912. The van der Waals surface area contributed by atoms with Crippen LogP contribution in [0.2, 0.25) is 0 Å². The Morgan fingerprint density at radius 3 is 2.24 bits per heavy atom. The molecule has 1 saturated carbocycles. The van der Waals surface area contributed by atoms with Gasteiger partial charge in [0.25, 0.3) is 5.91 Å². The van der Waals surface area contributed by atoms with Gasteiger partial charge < -0.3 is 5.32 Å². The van der Waals surface area contributed by atoms with Gasteiger partial charge in [-0.3, -0.25) is 4.79 Å². The van der Waals surface area contributed by atoms with E-state index in [9.17, 15) is 9.18 Å². The Balaban J connectivity index is 0.000000677. The summed E-state index contributed by atoms with van der Waals surface area (Å²) in [5.41, 5.74) is 3.01. The summed E-state index contributed by atoms with van der Waals surface area (Å²) < 4.78 is 29.3. The van der Waals surface area contributed by atoms with Gasteiger partial charge in [-0.05, 0) is 35.6 Å². The summed E-state index contributed by atoms with van der Waals surface area (Å²) in [6.07, 6.45) is -0.408. The molecule has 1 aromatic carbocycles. The fourth-order valence-electron chi connectivity index (χ4n) is 2.21. The van der Waals surface area contributed by atoms with E-state index in [0.29, 0.717) is 12.0 Å². The molecule has 6 heteroatoms. The van der Waals surface area contributed by atoms with Crippen LogP contribution in [0.15, 0.2) is 18.2 Å². The number of alkyl halides is 1. The first kappa shape index (κ1) is 17.5. The minimum absolute atomic E-state index is 0.0691. The molecule has 1 amide bonds. The van der Waals surface area contributed by atoms with Crippen LogP contribution >= 0.6 is 0 Å². The van der Waals surface area contributed by atoms with Crippen LogP contribution in [0, 0.1) is 6.92 Å². The van der Waals surface area contributed by atoms with Crippen molar-refractivity contribution in [3.05, 3.63) is 34.9 Å². The van der Waals surface area contributed by atoms with Crippen LogP contribution < -0.4 is 5.32 Å². The molecular formula is C15H20FNO3S. The highest BCUT2D eigenvalue weighted by atomic mass is 32.1. The second-order valence-electron chi connectivity index (χ2n) is 6.18. The maximum Gasteiger partial charge on any atom is 0.335 e. The summed E-state index contributed by atoms with van der Waals surface area (Å²) in [6.45, 7) is 8.44.